The first-order valence-electron chi connectivity index (χ1n) is 11.4. The lowest BCUT2D eigenvalue weighted by Gasteiger charge is -2.14. The molecule has 37 heavy (non-hydrogen) atoms. The van der Waals surface area contributed by atoms with E-state index in [2.05, 4.69) is 31.3 Å². The minimum atomic E-state index is -0.554. The van der Waals surface area contributed by atoms with Crippen LogP contribution in [0.15, 0.2) is 75.0 Å². The number of carbonyl (C=O) groups excluding carboxylic acids is 1. The summed E-state index contributed by atoms with van der Waals surface area (Å²) in [7, 11) is 1.47. The molecule has 0 radical (unpaired) electrons. The second-order valence-electron chi connectivity index (χ2n) is 8.34. The molecule has 0 aliphatic carbocycles. The SMILES string of the molecule is COc1cccc(C=Nn2c(C(C)C)nc3ccc(Br)cc3c2=O)c1OCC(=O)Nc1ccccc1F. The summed E-state index contributed by atoms with van der Waals surface area (Å²) in [4.78, 5) is 30.4. The molecule has 4 aromatic rings. The van der Waals surface area contributed by atoms with E-state index in [1.54, 1.807) is 36.4 Å². The van der Waals surface area contributed by atoms with E-state index in [1.165, 1.54) is 36.2 Å². The average Bonchev–Trinajstić information content (AvgIpc) is 2.88. The van der Waals surface area contributed by atoms with Gasteiger partial charge in [-0.05, 0) is 42.5 Å². The summed E-state index contributed by atoms with van der Waals surface area (Å²) in [5.74, 6) is -0.0932. The average molecular weight is 567 g/mol. The zero-order chi connectivity index (χ0) is 26.5. The molecule has 1 amide bonds. The number of halogens is 2. The Bertz CT molecular complexity index is 1550. The lowest BCUT2D eigenvalue weighted by atomic mass is 10.2. The van der Waals surface area contributed by atoms with E-state index in [0.29, 0.717) is 28.0 Å². The zero-order valence-corrected chi connectivity index (χ0v) is 22.0. The van der Waals surface area contributed by atoms with Gasteiger partial charge in [0.25, 0.3) is 11.5 Å². The number of ether oxygens (including phenoxy) is 2. The Morgan fingerprint density at radius 1 is 1.19 bits per heavy atom. The number of methoxy groups -OCH3 is 1. The van der Waals surface area contributed by atoms with Crippen molar-refractivity contribution in [1.82, 2.24) is 9.66 Å². The topological polar surface area (TPSA) is 94.8 Å². The smallest absolute Gasteiger partial charge is 0.282 e. The van der Waals surface area contributed by atoms with Crippen molar-refractivity contribution in [3.63, 3.8) is 0 Å². The normalized spacial score (nSPS) is 11.3. The number of para-hydroxylation sites is 2. The Labute approximate surface area is 220 Å². The van der Waals surface area contributed by atoms with E-state index in [9.17, 15) is 14.0 Å². The Hall–Kier alpha value is -4.05. The van der Waals surface area contributed by atoms with Crippen molar-refractivity contribution in [2.45, 2.75) is 19.8 Å². The standard InChI is InChI=1S/C27H24BrFN4O4/c1-16(2)26-32-21-12-11-18(28)13-19(21)27(35)33(26)30-14-17-7-6-10-23(36-3)25(17)37-15-24(34)31-22-9-5-4-8-20(22)29/h4-14,16H,15H2,1-3H3,(H,31,34). The van der Waals surface area contributed by atoms with Crippen LogP contribution in [0.3, 0.4) is 0 Å². The number of hydrogen-bond donors (Lipinski definition) is 1. The number of aromatic nitrogens is 2. The summed E-state index contributed by atoms with van der Waals surface area (Å²) in [6, 6.07) is 16.3. The molecule has 0 saturated heterocycles. The zero-order valence-electron chi connectivity index (χ0n) is 20.4. The molecule has 0 aliphatic rings. The fraction of sp³-hybridized carbons (Fsp3) is 0.185. The molecular weight excluding hydrogens is 543 g/mol. The van der Waals surface area contributed by atoms with Crippen molar-refractivity contribution in [3.8, 4) is 11.5 Å². The van der Waals surface area contributed by atoms with Gasteiger partial charge >= 0.3 is 0 Å². The number of amides is 1. The van der Waals surface area contributed by atoms with E-state index in [-0.39, 0.29) is 22.9 Å². The Balaban J connectivity index is 1.66. The van der Waals surface area contributed by atoms with Gasteiger partial charge in [-0.25, -0.2) is 9.37 Å². The molecule has 0 aliphatic heterocycles. The quantitative estimate of drug-likeness (QED) is 0.291. The lowest BCUT2D eigenvalue weighted by molar-refractivity contribution is -0.118. The third-order valence-corrected chi connectivity index (χ3v) is 5.88. The van der Waals surface area contributed by atoms with Gasteiger partial charge in [0.2, 0.25) is 0 Å². The fourth-order valence-electron chi connectivity index (χ4n) is 3.61. The molecule has 8 nitrogen and oxygen atoms in total. The molecule has 1 aromatic heterocycles. The number of rotatable bonds is 8. The molecule has 0 unspecified atom stereocenters. The van der Waals surface area contributed by atoms with Crippen LogP contribution in [0, 0.1) is 5.82 Å². The van der Waals surface area contributed by atoms with Crippen molar-refractivity contribution < 1.29 is 18.7 Å². The van der Waals surface area contributed by atoms with E-state index in [0.717, 1.165) is 4.47 Å². The van der Waals surface area contributed by atoms with Gasteiger partial charge in [0.1, 0.15) is 11.6 Å². The first-order valence-corrected chi connectivity index (χ1v) is 12.2. The van der Waals surface area contributed by atoms with Crippen molar-refractivity contribution in [2.24, 2.45) is 5.10 Å². The molecule has 1 heterocycles. The van der Waals surface area contributed by atoms with Crippen molar-refractivity contribution in [3.05, 3.63) is 92.7 Å². The Morgan fingerprint density at radius 2 is 1.97 bits per heavy atom. The molecule has 0 bridgehead atoms. The van der Waals surface area contributed by atoms with Crippen LogP contribution in [-0.4, -0.2) is 35.5 Å². The van der Waals surface area contributed by atoms with Crippen LogP contribution in [0.5, 0.6) is 11.5 Å². The van der Waals surface area contributed by atoms with E-state index >= 15 is 0 Å². The summed E-state index contributed by atoms with van der Waals surface area (Å²) in [6.45, 7) is 3.44. The number of hydrogen-bond acceptors (Lipinski definition) is 6. The Morgan fingerprint density at radius 3 is 2.70 bits per heavy atom. The molecule has 4 rings (SSSR count). The molecule has 1 N–H and O–H groups in total. The van der Waals surface area contributed by atoms with Crippen LogP contribution in [0.4, 0.5) is 10.1 Å². The minimum Gasteiger partial charge on any atom is -0.493 e. The van der Waals surface area contributed by atoms with Crippen molar-refractivity contribution in [1.29, 1.82) is 0 Å². The summed E-state index contributed by atoms with van der Waals surface area (Å²) >= 11 is 3.40. The molecule has 190 valence electrons. The number of carbonyl (C=O) groups is 1. The van der Waals surface area contributed by atoms with Crippen LogP contribution < -0.4 is 20.3 Å². The molecule has 10 heteroatoms. The predicted octanol–water partition coefficient (Wildman–Crippen LogP) is 5.33. The maximum Gasteiger partial charge on any atom is 0.282 e. The fourth-order valence-corrected chi connectivity index (χ4v) is 3.97. The maximum absolute atomic E-state index is 13.9. The first kappa shape index (κ1) is 26.0. The van der Waals surface area contributed by atoms with Crippen LogP contribution in [-0.2, 0) is 4.79 Å². The van der Waals surface area contributed by atoms with Gasteiger partial charge in [0, 0.05) is 16.0 Å². The summed E-state index contributed by atoms with van der Waals surface area (Å²) in [5.41, 5.74) is 0.776. The van der Waals surface area contributed by atoms with E-state index in [1.807, 2.05) is 19.9 Å². The van der Waals surface area contributed by atoms with Crippen LogP contribution in [0.2, 0.25) is 0 Å². The van der Waals surface area contributed by atoms with Gasteiger partial charge in [0.05, 0.1) is 29.9 Å². The number of anilines is 1. The molecule has 0 saturated carbocycles. The third-order valence-electron chi connectivity index (χ3n) is 5.39. The predicted molar refractivity (Wildman–Crippen MR) is 144 cm³/mol. The molecule has 3 aromatic carbocycles. The van der Waals surface area contributed by atoms with Crippen LogP contribution in [0.25, 0.3) is 10.9 Å². The molecule has 0 atom stereocenters. The second kappa shape index (κ2) is 11.3. The highest BCUT2D eigenvalue weighted by molar-refractivity contribution is 9.10. The lowest BCUT2D eigenvalue weighted by Crippen LogP contribution is -2.23. The minimum absolute atomic E-state index is 0.0499. The highest BCUT2D eigenvalue weighted by Crippen LogP contribution is 2.30. The monoisotopic (exact) mass is 566 g/mol. The van der Waals surface area contributed by atoms with Crippen molar-refractivity contribution >= 4 is 44.6 Å². The highest BCUT2D eigenvalue weighted by atomic mass is 79.9. The van der Waals surface area contributed by atoms with E-state index in [4.69, 9.17) is 9.47 Å². The van der Waals surface area contributed by atoms with Gasteiger partial charge < -0.3 is 14.8 Å². The van der Waals surface area contributed by atoms with Gasteiger partial charge in [0.15, 0.2) is 18.1 Å². The summed E-state index contributed by atoms with van der Waals surface area (Å²) < 4.78 is 27.0. The van der Waals surface area contributed by atoms with Gasteiger partial charge in [-0.3, -0.25) is 9.59 Å². The number of fused-ring (bicyclic) bond motifs is 1. The number of nitrogens with one attached hydrogen (secondary N) is 1. The first-order chi connectivity index (χ1) is 17.8. The van der Waals surface area contributed by atoms with Crippen LogP contribution >= 0.6 is 15.9 Å². The van der Waals surface area contributed by atoms with Gasteiger partial charge in [-0.15, -0.1) is 0 Å². The van der Waals surface area contributed by atoms with Crippen LogP contribution in [0.1, 0.15) is 31.2 Å². The number of nitrogens with zero attached hydrogens (tertiary/aromatic N) is 3. The summed E-state index contributed by atoms with van der Waals surface area (Å²) in [5, 5.41) is 7.33. The van der Waals surface area contributed by atoms with Gasteiger partial charge in [-0.1, -0.05) is 48.0 Å². The molecular formula is C27H24BrFN4O4. The van der Waals surface area contributed by atoms with Gasteiger partial charge in [-0.2, -0.15) is 9.78 Å². The molecule has 0 spiro atoms. The third kappa shape index (κ3) is 5.86. The van der Waals surface area contributed by atoms with Crippen molar-refractivity contribution in [2.75, 3.05) is 19.0 Å². The largest absolute Gasteiger partial charge is 0.493 e. The van der Waals surface area contributed by atoms with E-state index < -0.39 is 18.3 Å². The maximum atomic E-state index is 13.9. The number of benzene rings is 3. The summed E-state index contributed by atoms with van der Waals surface area (Å²) in [6.07, 6.45) is 1.45. The molecule has 0 fully saturated rings. The Kier molecular flexibility index (Phi) is 7.98. The second-order valence-corrected chi connectivity index (χ2v) is 9.26. The highest BCUT2D eigenvalue weighted by Gasteiger charge is 2.16.